The van der Waals surface area contributed by atoms with Gasteiger partial charge in [0.15, 0.2) is 0 Å². The summed E-state index contributed by atoms with van der Waals surface area (Å²) < 4.78 is 1.86. The minimum Gasteiger partial charge on any atom is -0.396 e. The highest BCUT2D eigenvalue weighted by Crippen LogP contribution is 2.20. The van der Waals surface area contributed by atoms with Crippen LogP contribution in [0.4, 0.5) is 5.82 Å². The van der Waals surface area contributed by atoms with Gasteiger partial charge in [-0.05, 0) is 52.1 Å². The van der Waals surface area contributed by atoms with E-state index in [0.717, 1.165) is 38.2 Å². The molecule has 22 heavy (non-hydrogen) atoms. The van der Waals surface area contributed by atoms with Gasteiger partial charge in [0.05, 0.1) is 18.3 Å². The molecule has 1 aromatic heterocycles. The second kappa shape index (κ2) is 7.74. The molecule has 1 aliphatic rings. The molecule has 2 atom stereocenters. The van der Waals surface area contributed by atoms with E-state index in [1.54, 1.807) is 6.20 Å². The maximum absolute atomic E-state index is 12.5. The molecule has 6 heteroatoms. The second-order valence-corrected chi connectivity index (χ2v) is 6.25. The number of carbonyl (C=O) groups is 1. The van der Waals surface area contributed by atoms with Gasteiger partial charge in [-0.2, -0.15) is 5.10 Å². The number of aliphatic hydroxyl groups is 1. The monoisotopic (exact) mass is 308 g/mol. The Morgan fingerprint density at radius 2 is 2.14 bits per heavy atom. The summed E-state index contributed by atoms with van der Waals surface area (Å²) in [7, 11) is 0. The first kappa shape index (κ1) is 17.0. The van der Waals surface area contributed by atoms with Gasteiger partial charge in [-0.1, -0.05) is 6.92 Å². The number of likely N-dealkylation sites (tertiary alicyclic amines) is 1. The number of nitrogens with zero attached hydrogens (tertiary/aromatic N) is 3. The number of anilines is 1. The summed E-state index contributed by atoms with van der Waals surface area (Å²) >= 11 is 0. The van der Waals surface area contributed by atoms with Crippen molar-refractivity contribution < 1.29 is 9.90 Å². The molecule has 0 aliphatic carbocycles. The maximum Gasteiger partial charge on any atom is 0.242 e. The van der Waals surface area contributed by atoms with Crippen LogP contribution in [0, 0.1) is 5.92 Å². The van der Waals surface area contributed by atoms with E-state index in [9.17, 15) is 9.90 Å². The van der Waals surface area contributed by atoms with Gasteiger partial charge in [-0.25, -0.2) is 4.68 Å². The summed E-state index contributed by atoms with van der Waals surface area (Å²) in [5.41, 5.74) is 0. The van der Waals surface area contributed by atoms with Crippen molar-refractivity contribution >= 4 is 11.7 Å². The first-order valence-corrected chi connectivity index (χ1v) is 8.26. The highest BCUT2D eigenvalue weighted by atomic mass is 16.3. The third-order valence-corrected chi connectivity index (χ3v) is 4.76. The lowest BCUT2D eigenvalue weighted by Crippen LogP contribution is -2.46. The predicted octanol–water partition coefficient (Wildman–Crippen LogP) is 1.89. The average molecular weight is 308 g/mol. The third-order valence-electron chi connectivity index (χ3n) is 4.76. The van der Waals surface area contributed by atoms with Crippen molar-refractivity contribution in [3.05, 3.63) is 12.3 Å². The van der Waals surface area contributed by atoms with Crippen molar-refractivity contribution in [3.63, 3.8) is 0 Å². The van der Waals surface area contributed by atoms with Crippen LogP contribution in [0.2, 0.25) is 0 Å². The summed E-state index contributed by atoms with van der Waals surface area (Å²) in [4.78, 5) is 14.7. The van der Waals surface area contributed by atoms with Gasteiger partial charge < -0.3 is 10.4 Å². The fourth-order valence-electron chi connectivity index (χ4n) is 2.86. The molecule has 6 nitrogen and oxygen atoms in total. The van der Waals surface area contributed by atoms with E-state index in [0.29, 0.717) is 5.92 Å². The first-order chi connectivity index (χ1) is 10.6. The molecule has 0 aromatic carbocycles. The van der Waals surface area contributed by atoms with Crippen LogP contribution in [-0.4, -0.2) is 51.4 Å². The Balaban J connectivity index is 1.93. The number of aromatic nitrogens is 2. The molecule has 2 rings (SSSR count). The molecule has 0 saturated carbocycles. The van der Waals surface area contributed by atoms with Crippen LogP contribution in [0.3, 0.4) is 0 Å². The number of aliphatic hydroxyl groups excluding tert-OH is 1. The quantitative estimate of drug-likeness (QED) is 0.842. The van der Waals surface area contributed by atoms with Crippen LogP contribution in [0.1, 0.15) is 46.1 Å². The summed E-state index contributed by atoms with van der Waals surface area (Å²) in [6.07, 6.45) is 4.60. The molecule has 1 amide bonds. The number of carbonyl (C=O) groups excluding carboxylic acids is 1. The molecule has 2 N–H and O–H groups in total. The van der Waals surface area contributed by atoms with Crippen LogP contribution < -0.4 is 5.32 Å². The van der Waals surface area contributed by atoms with Crippen LogP contribution in [-0.2, 0) is 4.79 Å². The molecule has 0 bridgehead atoms. The van der Waals surface area contributed by atoms with E-state index in [1.165, 1.54) is 0 Å². The molecular formula is C16H28N4O2. The minimum absolute atomic E-state index is 0.00695. The lowest BCUT2D eigenvalue weighted by atomic mass is 9.97. The molecular weight excluding hydrogens is 280 g/mol. The molecule has 1 aliphatic heterocycles. The number of amides is 1. The maximum atomic E-state index is 12.5. The van der Waals surface area contributed by atoms with Gasteiger partial charge in [0.1, 0.15) is 5.82 Å². The Labute approximate surface area is 132 Å². The fourth-order valence-corrected chi connectivity index (χ4v) is 2.86. The summed E-state index contributed by atoms with van der Waals surface area (Å²) in [6, 6.07) is 1.94. The lowest BCUT2D eigenvalue weighted by Gasteiger charge is -2.34. The van der Waals surface area contributed by atoms with Crippen molar-refractivity contribution in [2.75, 3.05) is 25.0 Å². The van der Waals surface area contributed by atoms with Gasteiger partial charge in [-0.15, -0.1) is 0 Å². The van der Waals surface area contributed by atoms with Gasteiger partial charge in [-0.3, -0.25) is 9.69 Å². The van der Waals surface area contributed by atoms with Gasteiger partial charge in [0.2, 0.25) is 5.91 Å². The molecule has 0 spiro atoms. The number of rotatable bonds is 6. The Morgan fingerprint density at radius 3 is 2.73 bits per heavy atom. The Hall–Kier alpha value is -1.40. The van der Waals surface area contributed by atoms with Gasteiger partial charge in [0.25, 0.3) is 0 Å². The largest absolute Gasteiger partial charge is 0.396 e. The molecule has 1 saturated heterocycles. The summed E-state index contributed by atoms with van der Waals surface area (Å²) in [6.45, 7) is 8.12. The zero-order valence-corrected chi connectivity index (χ0v) is 13.8. The number of hydrogen-bond donors (Lipinski definition) is 2. The summed E-state index contributed by atoms with van der Waals surface area (Å²) in [5, 5.41) is 16.5. The van der Waals surface area contributed by atoms with Gasteiger partial charge >= 0.3 is 0 Å². The normalized spacial score (nSPS) is 19.8. The number of nitrogens with one attached hydrogen (secondary N) is 1. The van der Waals surface area contributed by atoms with Crippen molar-refractivity contribution in [1.82, 2.24) is 14.7 Å². The van der Waals surface area contributed by atoms with E-state index in [2.05, 4.69) is 29.2 Å². The van der Waals surface area contributed by atoms with Crippen LogP contribution in [0.25, 0.3) is 0 Å². The zero-order chi connectivity index (χ0) is 16.1. The molecule has 124 valence electrons. The van der Waals surface area contributed by atoms with Gasteiger partial charge in [0, 0.05) is 12.7 Å². The molecule has 1 fully saturated rings. The predicted molar refractivity (Wildman–Crippen MR) is 86.7 cm³/mol. The third kappa shape index (κ3) is 3.87. The topological polar surface area (TPSA) is 70.4 Å². The fraction of sp³-hybridized carbons (Fsp3) is 0.750. The summed E-state index contributed by atoms with van der Waals surface area (Å²) in [5.74, 6) is 1.15. The van der Waals surface area contributed by atoms with Crippen molar-refractivity contribution in [2.45, 2.75) is 52.1 Å². The van der Waals surface area contributed by atoms with Crippen molar-refractivity contribution in [2.24, 2.45) is 5.92 Å². The van der Waals surface area contributed by atoms with Crippen LogP contribution in [0.15, 0.2) is 12.3 Å². The van der Waals surface area contributed by atoms with E-state index < -0.39 is 0 Å². The zero-order valence-electron chi connectivity index (χ0n) is 13.8. The highest BCUT2D eigenvalue weighted by Gasteiger charge is 2.26. The molecule has 2 heterocycles. The smallest absolute Gasteiger partial charge is 0.242 e. The molecule has 1 aromatic rings. The Kier molecular flexibility index (Phi) is 5.97. The molecule has 2 unspecified atom stereocenters. The van der Waals surface area contributed by atoms with E-state index in [4.69, 9.17) is 0 Å². The average Bonchev–Trinajstić information content (AvgIpc) is 3.01. The SMILES string of the molecule is CCC(C)n1nccc1NC(=O)C(C)N1CCC(CO)CC1. The van der Waals surface area contributed by atoms with Crippen molar-refractivity contribution in [1.29, 1.82) is 0 Å². The van der Waals surface area contributed by atoms with Crippen LogP contribution >= 0.6 is 0 Å². The highest BCUT2D eigenvalue weighted by molar-refractivity contribution is 5.93. The number of piperidine rings is 1. The van der Waals surface area contributed by atoms with E-state index in [-0.39, 0.29) is 24.6 Å². The van der Waals surface area contributed by atoms with Crippen LogP contribution in [0.5, 0.6) is 0 Å². The minimum atomic E-state index is -0.167. The lowest BCUT2D eigenvalue weighted by molar-refractivity contribution is -0.121. The molecule has 0 radical (unpaired) electrons. The van der Waals surface area contributed by atoms with E-state index >= 15 is 0 Å². The standard InChI is InChI=1S/C16H28N4O2/c1-4-12(2)20-15(5-8-17-20)18-16(22)13(3)19-9-6-14(11-21)7-10-19/h5,8,12-14,21H,4,6-7,9-11H2,1-3H3,(H,18,22). The first-order valence-electron chi connectivity index (χ1n) is 8.26. The van der Waals surface area contributed by atoms with Crippen molar-refractivity contribution in [3.8, 4) is 0 Å². The van der Waals surface area contributed by atoms with E-state index in [1.807, 2.05) is 17.7 Å². The Morgan fingerprint density at radius 1 is 1.45 bits per heavy atom. The number of hydrogen-bond acceptors (Lipinski definition) is 4. The Bertz CT molecular complexity index is 480. The second-order valence-electron chi connectivity index (χ2n) is 6.25.